The second kappa shape index (κ2) is 6.27. The van der Waals surface area contributed by atoms with Crippen LogP contribution in [0.3, 0.4) is 0 Å². The summed E-state index contributed by atoms with van der Waals surface area (Å²) in [5.74, 6) is 1.00. The molecule has 3 rings (SSSR count). The van der Waals surface area contributed by atoms with Crippen LogP contribution in [0.25, 0.3) is 0 Å². The molecule has 0 spiro atoms. The van der Waals surface area contributed by atoms with Crippen molar-refractivity contribution in [1.29, 1.82) is 0 Å². The van der Waals surface area contributed by atoms with E-state index in [9.17, 15) is 0 Å². The summed E-state index contributed by atoms with van der Waals surface area (Å²) in [5, 5.41) is 4.87. The summed E-state index contributed by atoms with van der Waals surface area (Å²) in [7, 11) is 1.96. The Hall–Kier alpha value is -1.22. The first-order chi connectivity index (χ1) is 10.2. The molecule has 110 valence electrons. The van der Waals surface area contributed by atoms with Crippen LogP contribution in [-0.4, -0.2) is 13.7 Å². The number of ether oxygens (including phenoxy) is 1. The molecule has 4 heteroatoms. The Labute approximate surface area is 135 Å². The SMILES string of the molecule is CNC(Cc1cc(Cl)cc2c1OCC2)c1cccc(Cl)c1. The van der Waals surface area contributed by atoms with Gasteiger partial charge in [-0.3, -0.25) is 0 Å². The van der Waals surface area contributed by atoms with Crippen molar-refractivity contribution in [2.24, 2.45) is 0 Å². The number of fused-ring (bicyclic) bond motifs is 1. The minimum atomic E-state index is 0.176. The van der Waals surface area contributed by atoms with E-state index < -0.39 is 0 Å². The Morgan fingerprint density at radius 3 is 2.81 bits per heavy atom. The molecule has 0 saturated heterocycles. The maximum absolute atomic E-state index is 6.23. The molecule has 1 heterocycles. The number of nitrogens with one attached hydrogen (secondary N) is 1. The van der Waals surface area contributed by atoms with E-state index in [2.05, 4.69) is 11.4 Å². The first-order valence-corrected chi connectivity index (χ1v) is 7.80. The van der Waals surface area contributed by atoms with Gasteiger partial charge in [0.05, 0.1) is 6.61 Å². The van der Waals surface area contributed by atoms with Gasteiger partial charge in [0.25, 0.3) is 0 Å². The van der Waals surface area contributed by atoms with Crippen LogP contribution in [-0.2, 0) is 12.8 Å². The molecular formula is C17H17Cl2NO. The van der Waals surface area contributed by atoms with Crippen molar-refractivity contribution in [2.75, 3.05) is 13.7 Å². The number of benzene rings is 2. The van der Waals surface area contributed by atoms with Crippen molar-refractivity contribution in [3.05, 3.63) is 63.1 Å². The first kappa shape index (κ1) is 14.7. The summed E-state index contributed by atoms with van der Waals surface area (Å²) in [4.78, 5) is 0. The van der Waals surface area contributed by atoms with E-state index in [0.29, 0.717) is 0 Å². The standard InChI is InChI=1S/C17H17Cl2NO/c1-20-16(11-3-2-4-14(18)7-11)10-13-9-15(19)8-12-5-6-21-17(12)13/h2-4,7-9,16,20H,5-6,10H2,1H3. The summed E-state index contributed by atoms with van der Waals surface area (Å²) in [6, 6.07) is 12.1. The number of halogens is 2. The van der Waals surface area contributed by atoms with Crippen LogP contribution in [0.1, 0.15) is 22.7 Å². The summed E-state index contributed by atoms with van der Waals surface area (Å²) in [6.07, 6.45) is 1.75. The molecule has 0 aromatic heterocycles. The van der Waals surface area contributed by atoms with Crippen LogP contribution in [0.15, 0.2) is 36.4 Å². The van der Waals surface area contributed by atoms with E-state index in [0.717, 1.165) is 46.4 Å². The maximum atomic E-state index is 6.23. The molecule has 1 aliphatic rings. The van der Waals surface area contributed by atoms with Crippen molar-refractivity contribution in [3.8, 4) is 5.75 Å². The lowest BCUT2D eigenvalue weighted by molar-refractivity contribution is 0.352. The lowest BCUT2D eigenvalue weighted by Crippen LogP contribution is -2.19. The fourth-order valence-corrected chi connectivity index (χ4v) is 3.29. The van der Waals surface area contributed by atoms with Crippen LogP contribution in [0.2, 0.25) is 10.0 Å². The highest BCUT2D eigenvalue weighted by Crippen LogP contribution is 2.35. The lowest BCUT2D eigenvalue weighted by Gasteiger charge is -2.19. The van der Waals surface area contributed by atoms with Crippen LogP contribution in [0.5, 0.6) is 5.75 Å². The highest BCUT2D eigenvalue weighted by Gasteiger charge is 2.20. The predicted octanol–water partition coefficient (Wildman–Crippen LogP) is 4.43. The molecule has 0 radical (unpaired) electrons. The molecule has 0 bridgehead atoms. The van der Waals surface area contributed by atoms with Crippen LogP contribution >= 0.6 is 23.2 Å². The van der Waals surface area contributed by atoms with Crippen LogP contribution in [0, 0.1) is 0 Å². The van der Waals surface area contributed by atoms with E-state index in [4.69, 9.17) is 27.9 Å². The highest BCUT2D eigenvalue weighted by atomic mass is 35.5. The molecule has 21 heavy (non-hydrogen) atoms. The van der Waals surface area contributed by atoms with E-state index in [-0.39, 0.29) is 6.04 Å². The van der Waals surface area contributed by atoms with Gasteiger partial charge in [-0.1, -0.05) is 35.3 Å². The molecule has 0 aliphatic carbocycles. The van der Waals surface area contributed by atoms with Gasteiger partial charge in [-0.25, -0.2) is 0 Å². The lowest BCUT2D eigenvalue weighted by atomic mass is 9.97. The summed E-state index contributed by atoms with van der Waals surface area (Å²) in [6.45, 7) is 0.740. The Morgan fingerprint density at radius 1 is 1.19 bits per heavy atom. The molecule has 1 atom stereocenters. The first-order valence-electron chi connectivity index (χ1n) is 7.04. The van der Waals surface area contributed by atoms with E-state index >= 15 is 0 Å². The smallest absolute Gasteiger partial charge is 0.125 e. The molecule has 1 unspecified atom stereocenters. The molecule has 0 fully saturated rings. The second-order valence-corrected chi connectivity index (χ2v) is 6.12. The van der Waals surface area contributed by atoms with Crippen molar-refractivity contribution >= 4 is 23.2 Å². The largest absolute Gasteiger partial charge is 0.493 e. The Bertz CT molecular complexity index is 657. The van der Waals surface area contributed by atoms with Crippen LogP contribution < -0.4 is 10.1 Å². The number of likely N-dealkylation sites (N-methyl/N-ethyl adjacent to an activating group) is 1. The normalized spacial score (nSPS) is 14.6. The topological polar surface area (TPSA) is 21.3 Å². The molecule has 2 aromatic carbocycles. The fraction of sp³-hybridized carbons (Fsp3) is 0.294. The van der Waals surface area contributed by atoms with E-state index in [1.165, 1.54) is 5.56 Å². The maximum Gasteiger partial charge on any atom is 0.125 e. The van der Waals surface area contributed by atoms with Gasteiger partial charge in [0, 0.05) is 22.5 Å². The van der Waals surface area contributed by atoms with Gasteiger partial charge in [-0.05, 0) is 54.4 Å². The predicted molar refractivity (Wildman–Crippen MR) is 87.6 cm³/mol. The fourth-order valence-electron chi connectivity index (χ4n) is 2.83. The molecule has 2 aromatic rings. The summed E-state index contributed by atoms with van der Waals surface area (Å²) in [5.41, 5.74) is 3.52. The molecule has 1 aliphatic heterocycles. The molecule has 0 saturated carbocycles. The second-order valence-electron chi connectivity index (χ2n) is 5.25. The Balaban J connectivity index is 1.91. The van der Waals surface area contributed by atoms with Crippen LogP contribution in [0.4, 0.5) is 0 Å². The van der Waals surface area contributed by atoms with Gasteiger partial charge in [-0.2, -0.15) is 0 Å². The number of hydrogen-bond donors (Lipinski definition) is 1. The van der Waals surface area contributed by atoms with Crippen molar-refractivity contribution < 1.29 is 4.74 Å². The van der Waals surface area contributed by atoms with Crippen molar-refractivity contribution in [1.82, 2.24) is 5.32 Å². The number of hydrogen-bond acceptors (Lipinski definition) is 2. The minimum absolute atomic E-state index is 0.176. The zero-order chi connectivity index (χ0) is 14.8. The zero-order valence-corrected chi connectivity index (χ0v) is 13.3. The van der Waals surface area contributed by atoms with E-state index in [1.54, 1.807) is 0 Å². The highest BCUT2D eigenvalue weighted by molar-refractivity contribution is 6.31. The molecular weight excluding hydrogens is 305 g/mol. The monoisotopic (exact) mass is 321 g/mol. The third-order valence-corrected chi connectivity index (χ3v) is 4.30. The van der Waals surface area contributed by atoms with Gasteiger partial charge in [0.1, 0.15) is 5.75 Å². The average Bonchev–Trinajstić information content (AvgIpc) is 2.92. The minimum Gasteiger partial charge on any atom is -0.493 e. The Morgan fingerprint density at radius 2 is 2.05 bits per heavy atom. The third kappa shape index (κ3) is 3.18. The van der Waals surface area contributed by atoms with Gasteiger partial charge < -0.3 is 10.1 Å². The third-order valence-electron chi connectivity index (χ3n) is 3.85. The van der Waals surface area contributed by atoms with Gasteiger partial charge in [-0.15, -0.1) is 0 Å². The van der Waals surface area contributed by atoms with E-state index in [1.807, 2.05) is 37.4 Å². The van der Waals surface area contributed by atoms with Gasteiger partial charge in [0.15, 0.2) is 0 Å². The molecule has 0 amide bonds. The van der Waals surface area contributed by atoms with Gasteiger partial charge >= 0.3 is 0 Å². The van der Waals surface area contributed by atoms with Crippen molar-refractivity contribution in [2.45, 2.75) is 18.9 Å². The summed E-state index contributed by atoms with van der Waals surface area (Å²) >= 11 is 12.3. The van der Waals surface area contributed by atoms with Gasteiger partial charge in [0.2, 0.25) is 0 Å². The average molecular weight is 322 g/mol. The quantitative estimate of drug-likeness (QED) is 0.899. The summed E-state index contributed by atoms with van der Waals surface area (Å²) < 4.78 is 5.78. The molecule has 1 N–H and O–H groups in total. The zero-order valence-electron chi connectivity index (χ0n) is 11.8. The van der Waals surface area contributed by atoms with Crippen molar-refractivity contribution in [3.63, 3.8) is 0 Å². The number of rotatable bonds is 4. The Kier molecular flexibility index (Phi) is 4.39. The molecule has 2 nitrogen and oxygen atoms in total.